The van der Waals surface area contributed by atoms with Gasteiger partial charge in [0.05, 0.1) is 27.0 Å². The maximum Gasteiger partial charge on any atom is 0.411 e. The van der Waals surface area contributed by atoms with Crippen molar-refractivity contribution in [2.75, 3.05) is 52.9 Å². The van der Waals surface area contributed by atoms with Crippen molar-refractivity contribution in [2.45, 2.75) is 12.8 Å². The van der Waals surface area contributed by atoms with Crippen LogP contribution in [0.2, 0.25) is 0 Å². The summed E-state index contributed by atoms with van der Waals surface area (Å²) >= 11 is 3.40. The van der Waals surface area contributed by atoms with Crippen LogP contribution in [0.5, 0.6) is 17.2 Å². The van der Waals surface area contributed by atoms with Crippen molar-refractivity contribution in [1.29, 1.82) is 0 Å². The molecule has 0 aromatic heterocycles. The van der Waals surface area contributed by atoms with Gasteiger partial charge in [-0.1, -0.05) is 28.1 Å². The quantitative estimate of drug-likeness (QED) is 0.482. The Morgan fingerprint density at radius 1 is 0.970 bits per heavy atom. The average Bonchev–Trinajstić information content (AvgIpc) is 2.84. The fourth-order valence-electron chi connectivity index (χ4n) is 3.88. The molecule has 2 aromatic carbocycles. The van der Waals surface area contributed by atoms with Crippen LogP contribution in [-0.2, 0) is 4.74 Å². The van der Waals surface area contributed by atoms with Crippen LogP contribution in [-0.4, -0.2) is 64.3 Å². The molecule has 0 bridgehead atoms. The standard InChI is InChI=1S/C24H29BrN2O6/c1-30-20-9-8-19(22(31-2)23(20)32-3)26-24(29)33-15-14-27-12-10-17(11-13-27)21(28)16-4-6-18(25)7-5-16/h4-9,17H,10-15H2,1-3H3,(H,26,29). The van der Waals surface area contributed by atoms with E-state index in [0.717, 1.165) is 36.0 Å². The summed E-state index contributed by atoms with van der Waals surface area (Å²) < 4.78 is 22.2. The first-order valence-electron chi connectivity index (χ1n) is 10.7. The van der Waals surface area contributed by atoms with Gasteiger partial charge in [0.25, 0.3) is 0 Å². The average molecular weight is 521 g/mol. The molecule has 1 aliphatic rings. The van der Waals surface area contributed by atoms with Gasteiger partial charge in [-0.2, -0.15) is 0 Å². The molecule has 1 fully saturated rings. The second kappa shape index (κ2) is 11.9. The first-order chi connectivity index (χ1) is 16.0. The molecule has 1 N–H and O–H groups in total. The SMILES string of the molecule is COc1ccc(NC(=O)OCCN2CCC(C(=O)c3ccc(Br)cc3)CC2)c(OC)c1OC. The van der Waals surface area contributed by atoms with E-state index in [1.165, 1.54) is 21.3 Å². The summed E-state index contributed by atoms with van der Waals surface area (Å²) in [5.41, 5.74) is 1.18. The highest BCUT2D eigenvalue weighted by atomic mass is 79.9. The zero-order chi connectivity index (χ0) is 23.8. The molecule has 0 atom stereocenters. The lowest BCUT2D eigenvalue weighted by molar-refractivity contribution is 0.0813. The number of piperidine rings is 1. The smallest absolute Gasteiger partial charge is 0.411 e. The second-order valence-electron chi connectivity index (χ2n) is 7.63. The molecule has 2 aromatic rings. The third-order valence-corrected chi connectivity index (χ3v) is 6.20. The van der Waals surface area contributed by atoms with Crippen molar-refractivity contribution in [3.8, 4) is 17.2 Å². The summed E-state index contributed by atoms with van der Waals surface area (Å²) in [4.78, 5) is 27.2. The molecular formula is C24H29BrN2O6. The molecule has 1 amide bonds. The highest BCUT2D eigenvalue weighted by molar-refractivity contribution is 9.10. The number of hydrogen-bond acceptors (Lipinski definition) is 7. The molecule has 9 heteroatoms. The predicted octanol–water partition coefficient (Wildman–Crippen LogP) is 4.62. The number of Topliss-reactive ketones (excluding diaryl/α,β-unsaturated/α-hetero) is 1. The van der Waals surface area contributed by atoms with Crippen molar-refractivity contribution >= 4 is 33.5 Å². The van der Waals surface area contributed by atoms with Crippen LogP contribution in [0.1, 0.15) is 23.2 Å². The first-order valence-corrected chi connectivity index (χ1v) is 11.5. The second-order valence-corrected chi connectivity index (χ2v) is 8.55. The van der Waals surface area contributed by atoms with Crippen molar-refractivity contribution < 1.29 is 28.5 Å². The molecule has 33 heavy (non-hydrogen) atoms. The number of rotatable bonds is 9. The van der Waals surface area contributed by atoms with Gasteiger partial charge in [0.1, 0.15) is 6.61 Å². The summed E-state index contributed by atoms with van der Waals surface area (Å²) in [5.74, 6) is 1.46. The number of nitrogens with one attached hydrogen (secondary N) is 1. The Morgan fingerprint density at radius 2 is 1.64 bits per heavy atom. The molecule has 1 saturated heterocycles. The first kappa shape index (κ1) is 24.9. The van der Waals surface area contributed by atoms with Crippen LogP contribution in [0.4, 0.5) is 10.5 Å². The molecule has 1 aliphatic heterocycles. The molecule has 3 rings (SSSR count). The fourth-order valence-corrected chi connectivity index (χ4v) is 4.15. The van der Waals surface area contributed by atoms with Gasteiger partial charge >= 0.3 is 6.09 Å². The van der Waals surface area contributed by atoms with Crippen molar-refractivity contribution in [2.24, 2.45) is 5.92 Å². The van der Waals surface area contributed by atoms with Gasteiger partial charge in [-0.25, -0.2) is 4.79 Å². The number of benzene rings is 2. The fraction of sp³-hybridized carbons (Fsp3) is 0.417. The summed E-state index contributed by atoms with van der Waals surface area (Å²) in [5, 5.41) is 2.68. The number of carbonyl (C=O) groups excluding carboxylic acids is 2. The molecule has 0 spiro atoms. The number of anilines is 1. The van der Waals surface area contributed by atoms with Crippen LogP contribution < -0.4 is 19.5 Å². The van der Waals surface area contributed by atoms with Gasteiger partial charge in [0.15, 0.2) is 17.3 Å². The molecule has 178 valence electrons. The summed E-state index contributed by atoms with van der Waals surface area (Å²) in [7, 11) is 4.51. The molecular weight excluding hydrogens is 492 g/mol. The number of methoxy groups -OCH3 is 3. The van der Waals surface area contributed by atoms with E-state index in [2.05, 4.69) is 26.1 Å². The predicted molar refractivity (Wildman–Crippen MR) is 129 cm³/mol. The van der Waals surface area contributed by atoms with Gasteiger partial charge < -0.3 is 18.9 Å². The van der Waals surface area contributed by atoms with E-state index in [-0.39, 0.29) is 18.3 Å². The van der Waals surface area contributed by atoms with E-state index in [9.17, 15) is 9.59 Å². The van der Waals surface area contributed by atoms with Crippen LogP contribution in [0, 0.1) is 5.92 Å². The Morgan fingerprint density at radius 3 is 2.24 bits per heavy atom. The lowest BCUT2D eigenvalue weighted by Crippen LogP contribution is -2.38. The van der Waals surface area contributed by atoms with Crippen molar-refractivity contribution in [3.63, 3.8) is 0 Å². The largest absolute Gasteiger partial charge is 0.493 e. The van der Waals surface area contributed by atoms with Crippen molar-refractivity contribution in [3.05, 3.63) is 46.4 Å². The molecule has 0 unspecified atom stereocenters. The zero-order valence-electron chi connectivity index (χ0n) is 19.1. The number of nitrogens with zero attached hydrogens (tertiary/aromatic N) is 1. The van der Waals surface area contributed by atoms with Gasteiger partial charge in [-0.3, -0.25) is 15.0 Å². The molecule has 0 aliphatic carbocycles. The lowest BCUT2D eigenvalue weighted by atomic mass is 9.89. The van der Waals surface area contributed by atoms with E-state index < -0.39 is 6.09 Å². The van der Waals surface area contributed by atoms with Crippen LogP contribution in [0.25, 0.3) is 0 Å². The Labute approximate surface area is 202 Å². The third kappa shape index (κ3) is 6.39. The number of halogens is 1. The number of likely N-dealkylation sites (tertiary alicyclic amines) is 1. The number of ketones is 1. The Kier molecular flexibility index (Phi) is 8.96. The number of amides is 1. The molecule has 8 nitrogen and oxygen atoms in total. The van der Waals surface area contributed by atoms with E-state index in [0.29, 0.717) is 29.5 Å². The summed E-state index contributed by atoms with van der Waals surface area (Å²) in [6.07, 6.45) is 1.01. The van der Waals surface area contributed by atoms with E-state index in [4.69, 9.17) is 18.9 Å². The van der Waals surface area contributed by atoms with Crippen LogP contribution >= 0.6 is 15.9 Å². The normalized spacial score (nSPS) is 14.4. The minimum Gasteiger partial charge on any atom is -0.493 e. The lowest BCUT2D eigenvalue weighted by Gasteiger charge is -2.31. The topological polar surface area (TPSA) is 86.3 Å². The highest BCUT2D eigenvalue weighted by Gasteiger charge is 2.26. The summed E-state index contributed by atoms with van der Waals surface area (Å²) in [6, 6.07) is 10.8. The van der Waals surface area contributed by atoms with E-state index in [1.54, 1.807) is 12.1 Å². The molecule has 0 radical (unpaired) electrons. The van der Waals surface area contributed by atoms with Gasteiger partial charge in [-0.15, -0.1) is 0 Å². The number of hydrogen-bond donors (Lipinski definition) is 1. The highest BCUT2D eigenvalue weighted by Crippen LogP contribution is 2.42. The minimum atomic E-state index is -0.583. The van der Waals surface area contributed by atoms with E-state index >= 15 is 0 Å². The number of carbonyl (C=O) groups is 2. The molecule has 1 heterocycles. The van der Waals surface area contributed by atoms with Gasteiger partial charge in [0.2, 0.25) is 5.75 Å². The zero-order valence-corrected chi connectivity index (χ0v) is 20.6. The number of ether oxygens (including phenoxy) is 4. The van der Waals surface area contributed by atoms with Crippen molar-refractivity contribution in [1.82, 2.24) is 4.90 Å². The minimum absolute atomic E-state index is 0.0316. The monoisotopic (exact) mass is 520 g/mol. The summed E-state index contributed by atoms with van der Waals surface area (Å²) in [6.45, 7) is 2.44. The Balaban J connectivity index is 1.44. The maximum atomic E-state index is 12.7. The van der Waals surface area contributed by atoms with Crippen LogP contribution in [0.15, 0.2) is 40.9 Å². The molecule has 0 saturated carbocycles. The Hall–Kier alpha value is -2.78. The van der Waals surface area contributed by atoms with Gasteiger partial charge in [0, 0.05) is 22.5 Å². The van der Waals surface area contributed by atoms with Crippen LogP contribution in [0.3, 0.4) is 0 Å². The van der Waals surface area contributed by atoms with E-state index in [1.807, 2.05) is 24.3 Å². The third-order valence-electron chi connectivity index (χ3n) is 5.67. The van der Waals surface area contributed by atoms with Gasteiger partial charge in [-0.05, 0) is 50.2 Å². The Bertz CT molecular complexity index is 958. The maximum absolute atomic E-state index is 12.7.